The average molecular weight is 426 g/mol. The van der Waals surface area contributed by atoms with Crippen molar-refractivity contribution in [2.45, 2.75) is 65.0 Å². The standard InChI is InChI=1S/C27H39NO3/c1-6-30-24-12-9-22(17-25(24)29-5)19-28-15-13-27(23-10-7-21(4)8-11-23)14-16-31-26(18-27)20(2)3/h7-12,17,20,26,28H,6,13-16,18-19H2,1-5H3/t26-,27+/m0/s1. The first-order valence-corrected chi connectivity index (χ1v) is 11.7. The topological polar surface area (TPSA) is 39.7 Å². The molecule has 0 bridgehead atoms. The van der Waals surface area contributed by atoms with E-state index in [2.05, 4.69) is 62.5 Å². The molecule has 31 heavy (non-hydrogen) atoms. The zero-order chi connectivity index (χ0) is 22.3. The van der Waals surface area contributed by atoms with Crippen molar-refractivity contribution in [3.8, 4) is 11.5 Å². The zero-order valence-electron chi connectivity index (χ0n) is 19.9. The van der Waals surface area contributed by atoms with E-state index >= 15 is 0 Å². The van der Waals surface area contributed by atoms with Gasteiger partial charge in [0, 0.05) is 18.6 Å². The molecule has 2 aromatic rings. The Hall–Kier alpha value is -2.04. The van der Waals surface area contributed by atoms with Gasteiger partial charge in [0.25, 0.3) is 0 Å². The second-order valence-electron chi connectivity index (χ2n) is 9.10. The molecule has 0 aliphatic carbocycles. The molecule has 4 nitrogen and oxygen atoms in total. The van der Waals surface area contributed by atoms with Gasteiger partial charge in [0.15, 0.2) is 11.5 Å². The molecule has 0 amide bonds. The lowest BCUT2D eigenvalue weighted by Gasteiger charge is -2.43. The van der Waals surface area contributed by atoms with Crippen LogP contribution in [0.5, 0.6) is 11.5 Å². The van der Waals surface area contributed by atoms with Crippen LogP contribution in [0.3, 0.4) is 0 Å². The number of aryl methyl sites for hydroxylation is 1. The minimum atomic E-state index is 0.171. The Balaban J connectivity index is 1.66. The van der Waals surface area contributed by atoms with Crippen molar-refractivity contribution < 1.29 is 14.2 Å². The molecule has 170 valence electrons. The molecule has 0 spiro atoms. The Morgan fingerprint density at radius 1 is 1.13 bits per heavy atom. The molecule has 1 aliphatic rings. The molecule has 4 heteroatoms. The predicted octanol–water partition coefficient (Wildman–Crippen LogP) is 5.66. The van der Waals surface area contributed by atoms with Crippen molar-refractivity contribution in [1.29, 1.82) is 0 Å². The van der Waals surface area contributed by atoms with Crippen molar-refractivity contribution in [1.82, 2.24) is 5.32 Å². The van der Waals surface area contributed by atoms with Crippen LogP contribution in [-0.2, 0) is 16.7 Å². The molecule has 1 fully saturated rings. The van der Waals surface area contributed by atoms with E-state index in [4.69, 9.17) is 14.2 Å². The van der Waals surface area contributed by atoms with Gasteiger partial charge in [-0.05, 0) is 68.8 Å². The van der Waals surface area contributed by atoms with Gasteiger partial charge in [0.1, 0.15) is 0 Å². The van der Waals surface area contributed by atoms with E-state index < -0.39 is 0 Å². The van der Waals surface area contributed by atoms with E-state index in [1.807, 2.05) is 13.0 Å². The Labute approximate surface area is 188 Å². The number of benzene rings is 2. The van der Waals surface area contributed by atoms with Crippen LogP contribution in [0, 0.1) is 12.8 Å². The fourth-order valence-electron chi connectivity index (χ4n) is 4.58. The lowest BCUT2D eigenvalue weighted by molar-refractivity contribution is -0.0469. The number of ether oxygens (including phenoxy) is 3. The van der Waals surface area contributed by atoms with Gasteiger partial charge in [-0.3, -0.25) is 0 Å². The predicted molar refractivity (Wildman–Crippen MR) is 127 cm³/mol. The third-order valence-electron chi connectivity index (χ3n) is 6.55. The summed E-state index contributed by atoms with van der Waals surface area (Å²) in [5, 5.41) is 3.66. The Morgan fingerprint density at radius 2 is 1.90 bits per heavy atom. The van der Waals surface area contributed by atoms with Gasteiger partial charge in [-0.15, -0.1) is 0 Å². The smallest absolute Gasteiger partial charge is 0.161 e. The van der Waals surface area contributed by atoms with E-state index in [0.717, 1.165) is 50.5 Å². The van der Waals surface area contributed by atoms with Crippen LogP contribution >= 0.6 is 0 Å². The highest BCUT2D eigenvalue weighted by Crippen LogP contribution is 2.41. The van der Waals surface area contributed by atoms with Gasteiger partial charge < -0.3 is 19.5 Å². The van der Waals surface area contributed by atoms with Crippen molar-refractivity contribution in [2.24, 2.45) is 5.92 Å². The second kappa shape index (κ2) is 11.0. The minimum absolute atomic E-state index is 0.171. The first-order chi connectivity index (χ1) is 15.0. The summed E-state index contributed by atoms with van der Waals surface area (Å²) in [7, 11) is 1.69. The van der Waals surface area contributed by atoms with Gasteiger partial charge in [-0.1, -0.05) is 49.7 Å². The molecule has 2 atom stereocenters. The zero-order valence-corrected chi connectivity index (χ0v) is 19.9. The van der Waals surface area contributed by atoms with Crippen LogP contribution in [-0.4, -0.2) is 33.0 Å². The first kappa shape index (κ1) is 23.6. The molecule has 1 N–H and O–H groups in total. The summed E-state index contributed by atoms with van der Waals surface area (Å²) in [4.78, 5) is 0. The van der Waals surface area contributed by atoms with Gasteiger partial charge in [-0.2, -0.15) is 0 Å². The summed E-state index contributed by atoms with van der Waals surface area (Å²) in [5.74, 6) is 2.13. The fourth-order valence-corrected chi connectivity index (χ4v) is 4.58. The molecule has 0 saturated carbocycles. The molecule has 3 rings (SSSR count). The lowest BCUT2D eigenvalue weighted by Crippen LogP contribution is -2.42. The summed E-state index contributed by atoms with van der Waals surface area (Å²) in [6, 6.07) is 15.3. The molecule has 1 heterocycles. The van der Waals surface area contributed by atoms with Crippen LogP contribution in [0.4, 0.5) is 0 Å². The van der Waals surface area contributed by atoms with E-state index in [1.165, 1.54) is 16.7 Å². The van der Waals surface area contributed by atoms with Crippen LogP contribution < -0.4 is 14.8 Å². The number of hydrogen-bond donors (Lipinski definition) is 1. The van der Waals surface area contributed by atoms with Gasteiger partial charge in [0.05, 0.1) is 19.8 Å². The highest BCUT2D eigenvalue weighted by atomic mass is 16.5. The average Bonchev–Trinajstić information content (AvgIpc) is 2.78. The largest absolute Gasteiger partial charge is 0.493 e. The lowest BCUT2D eigenvalue weighted by atomic mass is 9.68. The highest BCUT2D eigenvalue weighted by Gasteiger charge is 2.39. The number of hydrogen-bond acceptors (Lipinski definition) is 4. The summed E-state index contributed by atoms with van der Waals surface area (Å²) in [6.45, 7) is 11.9. The molecule has 0 unspecified atom stereocenters. The Morgan fingerprint density at radius 3 is 2.58 bits per heavy atom. The number of rotatable bonds is 10. The molecule has 0 radical (unpaired) electrons. The quantitative estimate of drug-likeness (QED) is 0.499. The van der Waals surface area contributed by atoms with E-state index in [9.17, 15) is 0 Å². The van der Waals surface area contributed by atoms with Crippen LogP contribution in [0.1, 0.15) is 56.7 Å². The summed E-state index contributed by atoms with van der Waals surface area (Å²) < 4.78 is 17.2. The molecular weight excluding hydrogens is 386 g/mol. The fraction of sp³-hybridized carbons (Fsp3) is 0.556. The maximum atomic E-state index is 6.13. The van der Waals surface area contributed by atoms with Gasteiger partial charge in [0.2, 0.25) is 0 Å². The Kier molecular flexibility index (Phi) is 8.39. The van der Waals surface area contributed by atoms with Crippen LogP contribution in [0.15, 0.2) is 42.5 Å². The van der Waals surface area contributed by atoms with Gasteiger partial charge >= 0.3 is 0 Å². The number of nitrogens with one attached hydrogen (secondary N) is 1. The third-order valence-corrected chi connectivity index (χ3v) is 6.55. The summed E-state index contributed by atoms with van der Waals surface area (Å²) in [6.07, 6.45) is 3.60. The first-order valence-electron chi connectivity index (χ1n) is 11.7. The van der Waals surface area contributed by atoms with Crippen molar-refractivity contribution in [2.75, 3.05) is 26.9 Å². The van der Waals surface area contributed by atoms with E-state index in [-0.39, 0.29) is 5.41 Å². The molecule has 0 aromatic heterocycles. The van der Waals surface area contributed by atoms with Crippen LogP contribution in [0.25, 0.3) is 0 Å². The van der Waals surface area contributed by atoms with Crippen molar-refractivity contribution in [3.63, 3.8) is 0 Å². The maximum Gasteiger partial charge on any atom is 0.161 e. The summed E-state index contributed by atoms with van der Waals surface area (Å²) >= 11 is 0. The molecule has 1 saturated heterocycles. The Bertz CT molecular complexity index is 818. The highest BCUT2D eigenvalue weighted by molar-refractivity contribution is 5.43. The van der Waals surface area contributed by atoms with Crippen molar-refractivity contribution >= 4 is 0 Å². The summed E-state index contributed by atoms with van der Waals surface area (Å²) in [5.41, 5.74) is 4.15. The van der Waals surface area contributed by atoms with Crippen LogP contribution in [0.2, 0.25) is 0 Å². The molecule has 1 aliphatic heterocycles. The second-order valence-corrected chi connectivity index (χ2v) is 9.10. The minimum Gasteiger partial charge on any atom is -0.493 e. The monoisotopic (exact) mass is 425 g/mol. The molecule has 2 aromatic carbocycles. The van der Waals surface area contributed by atoms with Crippen molar-refractivity contribution in [3.05, 3.63) is 59.2 Å². The third kappa shape index (κ3) is 6.02. The molecular formula is C27H39NO3. The maximum absolute atomic E-state index is 6.13. The van der Waals surface area contributed by atoms with E-state index in [1.54, 1.807) is 7.11 Å². The SMILES string of the molecule is CCOc1ccc(CNCC[C@@]2(c3ccc(C)cc3)CCO[C@H](C(C)C)C2)cc1OC. The van der Waals surface area contributed by atoms with Gasteiger partial charge in [-0.25, -0.2) is 0 Å². The van der Waals surface area contributed by atoms with E-state index in [0.29, 0.717) is 18.6 Å². The normalized spacial score (nSPS) is 21.3. The number of methoxy groups -OCH3 is 1.